The van der Waals surface area contributed by atoms with Gasteiger partial charge in [-0.3, -0.25) is 4.79 Å². The van der Waals surface area contributed by atoms with Crippen molar-refractivity contribution in [2.24, 2.45) is 0 Å². The Balaban J connectivity index is 1.82. The first-order valence-corrected chi connectivity index (χ1v) is 8.02. The molecule has 0 atom stereocenters. The normalized spacial score (nSPS) is 10.7. The summed E-state index contributed by atoms with van der Waals surface area (Å²) in [6, 6.07) is 14.3. The van der Waals surface area contributed by atoms with E-state index in [1.54, 1.807) is 37.1 Å². The van der Waals surface area contributed by atoms with Gasteiger partial charge in [-0.1, -0.05) is 35.5 Å². The van der Waals surface area contributed by atoms with Crippen molar-refractivity contribution in [2.45, 2.75) is 19.9 Å². The van der Waals surface area contributed by atoms with Crippen molar-refractivity contribution in [1.82, 2.24) is 10.1 Å². The van der Waals surface area contributed by atoms with Crippen molar-refractivity contribution >= 4 is 5.91 Å². The molecule has 4 nitrogen and oxygen atoms in total. The van der Waals surface area contributed by atoms with Crippen LogP contribution in [0.3, 0.4) is 0 Å². The van der Waals surface area contributed by atoms with E-state index in [-0.39, 0.29) is 11.7 Å². The van der Waals surface area contributed by atoms with Gasteiger partial charge in [-0.25, -0.2) is 4.39 Å². The number of amides is 1. The molecule has 0 aliphatic rings. The Kier molecular flexibility index (Phi) is 4.93. The van der Waals surface area contributed by atoms with Gasteiger partial charge < -0.3 is 9.42 Å². The highest BCUT2D eigenvalue weighted by Gasteiger charge is 2.17. The van der Waals surface area contributed by atoms with Crippen molar-refractivity contribution in [3.63, 3.8) is 0 Å². The molecule has 0 aliphatic carbocycles. The second-order valence-electron chi connectivity index (χ2n) is 6.07. The van der Waals surface area contributed by atoms with Crippen molar-refractivity contribution < 1.29 is 13.7 Å². The third-order valence-corrected chi connectivity index (χ3v) is 4.12. The van der Waals surface area contributed by atoms with Gasteiger partial charge in [0.1, 0.15) is 17.8 Å². The molecule has 5 heteroatoms. The minimum absolute atomic E-state index is 0.105. The molecule has 3 rings (SSSR count). The van der Waals surface area contributed by atoms with E-state index < -0.39 is 0 Å². The topological polar surface area (TPSA) is 46.3 Å². The highest BCUT2D eigenvalue weighted by Crippen LogP contribution is 2.18. The molecule has 0 fully saturated rings. The van der Waals surface area contributed by atoms with E-state index in [1.165, 1.54) is 12.3 Å². The lowest BCUT2D eigenvalue weighted by Crippen LogP contribution is -2.27. The monoisotopic (exact) mass is 338 g/mol. The zero-order valence-corrected chi connectivity index (χ0v) is 14.2. The number of hydrogen-bond acceptors (Lipinski definition) is 3. The van der Waals surface area contributed by atoms with Crippen LogP contribution in [0, 0.1) is 12.7 Å². The lowest BCUT2D eigenvalue weighted by atomic mass is 9.98. The predicted molar refractivity (Wildman–Crippen MR) is 92.7 cm³/mol. The van der Waals surface area contributed by atoms with E-state index in [2.05, 4.69) is 5.16 Å². The molecule has 2 aromatic carbocycles. The molecular weight excluding hydrogens is 319 g/mol. The SMILES string of the molecule is Cc1ccc(Cc2ccccc2C(=O)N(C)Cc2ccon2)cc1F. The third kappa shape index (κ3) is 3.94. The van der Waals surface area contributed by atoms with Crippen LogP contribution in [0.1, 0.15) is 32.7 Å². The van der Waals surface area contributed by atoms with E-state index >= 15 is 0 Å². The molecule has 0 unspecified atom stereocenters. The van der Waals surface area contributed by atoms with E-state index in [9.17, 15) is 9.18 Å². The van der Waals surface area contributed by atoms with Gasteiger partial charge in [-0.2, -0.15) is 0 Å². The average molecular weight is 338 g/mol. The van der Waals surface area contributed by atoms with E-state index in [0.29, 0.717) is 29.8 Å². The van der Waals surface area contributed by atoms with Crippen molar-refractivity contribution in [2.75, 3.05) is 7.05 Å². The van der Waals surface area contributed by atoms with Gasteiger partial charge >= 0.3 is 0 Å². The van der Waals surface area contributed by atoms with Crippen LogP contribution in [0.15, 0.2) is 59.3 Å². The molecule has 1 aromatic heterocycles. The summed E-state index contributed by atoms with van der Waals surface area (Å²) in [5, 5.41) is 3.83. The molecule has 0 aliphatic heterocycles. The van der Waals surface area contributed by atoms with Crippen LogP contribution in [-0.4, -0.2) is 23.0 Å². The summed E-state index contributed by atoms with van der Waals surface area (Å²) in [7, 11) is 1.72. The van der Waals surface area contributed by atoms with Gasteiger partial charge in [0, 0.05) is 18.7 Å². The van der Waals surface area contributed by atoms with Gasteiger partial charge in [0.25, 0.3) is 5.91 Å². The zero-order valence-electron chi connectivity index (χ0n) is 14.2. The highest BCUT2D eigenvalue weighted by atomic mass is 19.1. The minimum atomic E-state index is -0.232. The third-order valence-electron chi connectivity index (χ3n) is 4.12. The molecule has 0 bridgehead atoms. The molecule has 25 heavy (non-hydrogen) atoms. The molecule has 1 heterocycles. The highest BCUT2D eigenvalue weighted by molar-refractivity contribution is 5.95. The number of aromatic nitrogens is 1. The van der Waals surface area contributed by atoms with E-state index in [4.69, 9.17) is 4.52 Å². The second kappa shape index (κ2) is 7.30. The van der Waals surface area contributed by atoms with Gasteiger partial charge in [-0.15, -0.1) is 0 Å². The Morgan fingerprint density at radius 3 is 2.72 bits per heavy atom. The Hall–Kier alpha value is -2.95. The van der Waals surface area contributed by atoms with Crippen LogP contribution in [0.2, 0.25) is 0 Å². The maximum absolute atomic E-state index is 13.8. The number of carbonyl (C=O) groups excluding carboxylic acids is 1. The van der Waals surface area contributed by atoms with Crippen LogP contribution in [0.4, 0.5) is 4.39 Å². The van der Waals surface area contributed by atoms with Crippen LogP contribution < -0.4 is 0 Å². The molecule has 0 radical (unpaired) electrons. The molecule has 0 saturated heterocycles. The summed E-state index contributed by atoms with van der Waals surface area (Å²) in [5.74, 6) is -0.337. The quantitative estimate of drug-likeness (QED) is 0.707. The Morgan fingerprint density at radius 2 is 2.00 bits per heavy atom. The van der Waals surface area contributed by atoms with Gasteiger partial charge in [0.2, 0.25) is 0 Å². The lowest BCUT2D eigenvalue weighted by molar-refractivity contribution is 0.0781. The maximum atomic E-state index is 13.8. The number of halogens is 1. The summed E-state index contributed by atoms with van der Waals surface area (Å²) < 4.78 is 18.6. The first kappa shape index (κ1) is 16.9. The molecule has 0 N–H and O–H groups in total. The summed E-state index contributed by atoms with van der Waals surface area (Å²) in [4.78, 5) is 14.4. The largest absolute Gasteiger partial charge is 0.364 e. The van der Waals surface area contributed by atoms with Crippen molar-refractivity contribution in [3.8, 4) is 0 Å². The van der Waals surface area contributed by atoms with Crippen LogP contribution in [0.5, 0.6) is 0 Å². The second-order valence-corrected chi connectivity index (χ2v) is 6.07. The summed E-state index contributed by atoms with van der Waals surface area (Å²) in [6.07, 6.45) is 1.98. The van der Waals surface area contributed by atoms with Gasteiger partial charge in [0.05, 0.1) is 6.54 Å². The summed E-state index contributed by atoms with van der Waals surface area (Å²) >= 11 is 0. The predicted octanol–water partition coefficient (Wildman–Crippen LogP) is 3.99. The molecular formula is C20H19FN2O2. The molecule has 128 valence electrons. The fourth-order valence-corrected chi connectivity index (χ4v) is 2.69. The first-order chi connectivity index (χ1) is 12.0. The average Bonchev–Trinajstić information content (AvgIpc) is 3.11. The molecule has 0 spiro atoms. The van der Waals surface area contributed by atoms with Crippen molar-refractivity contribution in [1.29, 1.82) is 0 Å². The minimum Gasteiger partial charge on any atom is -0.364 e. The lowest BCUT2D eigenvalue weighted by Gasteiger charge is -2.18. The Morgan fingerprint density at radius 1 is 1.20 bits per heavy atom. The molecule has 3 aromatic rings. The number of carbonyl (C=O) groups is 1. The molecule has 1 amide bonds. The van der Waals surface area contributed by atoms with E-state index in [1.807, 2.05) is 24.3 Å². The number of rotatable bonds is 5. The Labute approximate surface area is 145 Å². The number of nitrogens with zero attached hydrogens (tertiary/aromatic N) is 2. The van der Waals surface area contributed by atoms with E-state index in [0.717, 1.165) is 11.1 Å². The number of hydrogen-bond donors (Lipinski definition) is 0. The van der Waals surface area contributed by atoms with Gasteiger partial charge in [0.15, 0.2) is 0 Å². The standard InChI is InChI=1S/C20H19FN2O2/c1-14-7-8-15(12-19(14)21)11-16-5-3-4-6-18(16)20(24)23(2)13-17-9-10-25-22-17/h3-10,12H,11,13H2,1-2H3. The maximum Gasteiger partial charge on any atom is 0.254 e. The summed E-state index contributed by atoms with van der Waals surface area (Å²) in [6.45, 7) is 2.10. The van der Waals surface area contributed by atoms with Crippen LogP contribution in [0.25, 0.3) is 0 Å². The number of aryl methyl sites for hydroxylation is 1. The molecule has 0 saturated carbocycles. The Bertz CT molecular complexity index is 875. The van der Waals surface area contributed by atoms with Crippen molar-refractivity contribution in [3.05, 3.63) is 88.6 Å². The zero-order chi connectivity index (χ0) is 17.8. The first-order valence-electron chi connectivity index (χ1n) is 8.02. The summed E-state index contributed by atoms with van der Waals surface area (Å²) in [5.41, 5.74) is 3.61. The number of benzene rings is 2. The smallest absolute Gasteiger partial charge is 0.254 e. The van der Waals surface area contributed by atoms with Crippen LogP contribution in [-0.2, 0) is 13.0 Å². The fourth-order valence-electron chi connectivity index (χ4n) is 2.69. The van der Waals surface area contributed by atoms with Gasteiger partial charge in [-0.05, 0) is 42.2 Å². The fraction of sp³-hybridized carbons (Fsp3) is 0.200. The van der Waals surface area contributed by atoms with Crippen LogP contribution >= 0.6 is 0 Å².